The number of nitrogens with zero attached hydrogens (tertiary/aromatic N) is 3. The standard InChI is InChI=1S/C11H17N3O2/c1-2-13-8-11(16)14(9-10(13)15)7-5-3-4-6-12/h2-5,7-9H2,1H3. The molecule has 1 heterocycles. The molecule has 1 aliphatic heterocycles. The van der Waals surface area contributed by atoms with Crippen LogP contribution in [-0.4, -0.2) is 47.8 Å². The molecule has 1 rings (SSSR count). The van der Waals surface area contributed by atoms with Gasteiger partial charge >= 0.3 is 0 Å². The van der Waals surface area contributed by atoms with E-state index >= 15 is 0 Å². The Morgan fingerprint density at radius 3 is 2.44 bits per heavy atom. The fraction of sp³-hybridized carbons (Fsp3) is 0.727. The Kier molecular flexibility index (Phi) is 4.77. The van der Waals surface area contributed by atoms with Crippen LogP contribution in [0.5, 0.6) is 0 Å². The van der Waals surface area contributed by atoms with Gasteiger partial charge in [-0.2, -0.15) is 5.26 Å². The lowest BCUT2D eigenvalue weighted by molar-refractivity contribution is -0.149. The topological polar surface area (TPSA) is 64.4 Å². The molecular weight excluding hydrogens is 206 g/mol. The summed E-state index contributed by atoms with van der Waals surface area (Å²) in [7, 11) is 0. The Morgan fingerprint density at radius 2 is 1.81 bits per heavy atom. The third-order valence-corrected chi connectivity index (χ3v) is 2.71. The first-order chi connectivity index (χ1) is 7.69. The van der Waals surface area contributed by atoms with Crippen molar-refractivity contribution in [3.05, 3.63) is 0 Å². The average molecular weight is 223 g/mol. The normalized spacial score (nSPS) is 16.5. The van der Waals surface area contributed by atoms with E-state index in [1.807, 2.05) is 6.92 Å². The highest BCUT2D eigenvalue weighted by Crippen LogP contribution is 2.06. The minimum Gasteiger partial charge on any atom is -0.332 e. The highest BCUT2D eigenvalue weighted by Gasteiger charge is 2.27. The Bertz CT molecular complexity index is 309. The monoisotopic (exact) mass is 223 g/mol. The van der Waals surface area contributed by atoms with E-state index in [4.69, 9.17) is 5.26 Å². The average Bonchev–Trinajstić information content (AvgIpc) is 2.28. The molecule has 2 amide bonds. The predicted octanol–water partition coefficient (Wildman–Crippen LogP) is 0.371. The maximum Gasteiger partial charge on any atom is 0.242 e. The van der Waals surface area contributed by atoms with Crippen molar-refractivity contribution in [1.82, 2.24) is 9.80 Å². The minimum absolute atomic E-state index is 0.0124. The Hall–Kier alpha value is -1.57. The molecule has 0 saturated carbocycles. The van der Waals surface area contributed by atoms with E-state index in [0.717, 1.165) is 12.8 Å². The van der Waals surface area contributed by atoms with Gasteiger partial charge in [0.05, 0.1) is 19.2 Å². The van der Waals surface area contributed by atoms with E-state index < -0.39 is 0 Å². The van der Waals surface area contributed by atoms with Crippen LogP contribution in [0.25, 0.3) is 0 Å². The minimum atomic E-state index is 0.0124. The molecule has 0 atom stereocenters. The van der Waals surface area contributed by atoms with E-state index in [2.05, 4.69) is 6.07 Å². The van der Waals surface area contributed by atoms with Crippen molar-refractivity contribution >= 4 is 11.8 Å². The maximum atomic E-state index is 11.6. The van der Waals surface area contributed by atoms with Crippen molar-refractivity contribution < 1.29 is 9.59 Å². The van der Waals surface area contributed by atoms with Crippen LogP contribution in [0.3, 0.4) is 0 Å². The fourth-order valence-corrected chi connectivity index (χ4v) is 1.70. The van der Waals surface area contributed by atoms with Gasteiger partial charge in [-0.05, 0) is 19.8 Å². The number of unbranched alkanes of at least 4 members (excludes halogenated alkanes) is 2. The summed E-state index contributed by atoms with van der Waals surface area (Å²) in [5.74, 6) is 0.0285. The summed E-state index contributed by atoms with van der Waals surface area (Å²) in [6, 6.07) is 2.06. The first-order valence-electron chi connectivity index (χ1n) is 5.61. The first kappa shape index (κ1) is 12.5. The fourth-order valence-electron chi connectivity index (χ4n) is 1.70. The van der Waals surface area contributed by atoms with Gasteiger partial charge in [0, 0.05) is 19.5 Å². The van der Waals surface area contributed by atoms with Gasteiger partial charge in [0.1, 0.15) is 0 Å². The highest BCUT2D eigenvalue weighted by molar-refractivity contribution is 5.92. The van der Waals surface area contributed by atoms with Crippen molar-refractivity contribution in [2.24, 2.45) is 0 Å². The summed E-state index contributed by atoms with van der Waals surface area (Å²) in [5, 5.41) is 8.37. The lowest BCUT2D eigenvalue weighted by atomic mass is 10.2. The summed E-state index contributed by atoms with van der Waals surface area (Å²) in [4.78, 5) is 26.3. The molecule has 0 spiro atoms. The molecule has 16 heavy (non-hydrogen) atoms. The molecule has 0 unspecified atom stereocenters. The highest BCUT2D eigenvalue weighted by atomic mass is 16.2. The SMILES string of the molecule is CCN1CC(=O)N(CCCCC#N)CC1=O. The lowest BCUT2D eigenvalue weighted by Crippen LogP contribution is -2.53. The molecule has 0 radical (unpaired) electrons. The smallest absolute Gasteiger partial charge is 0.242 e. The van der Waals surface area contributed by atoms with Crippen LogP contribution >= 0.6 is 0 Å². The van der Waals surface area contributed by atoms with Crippen LogP contribution in [0.1, 0.15) is 26.2 Å². The van der Waals surface area contributed by atoms with E-state index in [1.165, 1.54) is 0 Å². The Morgan fingerprint density at radius 1 is 1.19 bits per heavy atom. The predicted molar refractivity (Wildman–Crippen MR) is 58.3 cm³/mol. The Balaban J connectivity index is 2.36. The second-order valence-corrected chi connectivity index (χ2v) is 3.84. The quantitative estimate of drug-likeness (QED) is 0.632. The van der Waals surface area contributed by atoms with Crippen molar-refractivity contribution in [1.29, 1.82) is 5.26 Å². The lowest BCUT2D eigenvalue weighted by Gasteiger charge is -2.33. The zero-order valence-corrected chi connectivity index (χ0v) is 9.61. The number of carbonyl (C=O) groups excluding carboxylic acids is 2. The summed E-state index contributed by atoms with van der Waals surface area (Å²) in [6.07, 6.45) is 2.09. The summed E-state index contributed by atoms with van der Waals surface area (Å²) in [6.45, 7) is 3.44. The molecule has 0 aliphatic carbocycles. The molecule has 0 bridgehead atoms. The number of hydrogen-bond donors (Lipinski definition) is 0. The second-order valence-electron chi connectivity index (χ2n) is 3.84. The van der Waals surface area contributed by atoms with Crippen molar-refractivity contribution in [2.45, 2.75) is 26.2 Å². The molecule has 0 aromatic rings. The number of rotatable bonds is 5. The number of nitriles is 1. The molecule has 5 nitrogen and oxygen atoms in total. The van der Waals surface area contributed by atoms with Crippen LogP contribution < -0.4 is 0 Å². The van der Waals surface area contributed by atoms with Crippen molar-refractivity contribution in [2.75, 3.05) is 26.2 Å². The molecule has 1 saturated heterocycles. The third-order valence-electron chi connectivity index (χ3n) is 2.71. The number of hydrogen-bond acceptors (Lipinski definition) is 3. The van der Waals surface area contributed by atoms with Crippen LogP contribution in [0.4, 0.5) is 0 Å². The van der Waals surface area contributed by atoms with Gasteiger partial charge in [-0.15, -0.1) is 0 Å². The molecular formula is C11H17N3O2. The summed E-state index contributed by atoms with van der Waals surface area (Å²) >= 11 is 0. The van der Waals surface area contributed by atoms with Crippen molar-refractivity contribution in [3.63, 3.8) is 0 Å². The van der Waals surface area contributed by atoms with Crippen LogP contribution in [0.15, 0.2) is 0 Å². The van der Waals surface area contributed by atoms with Gasteiger partial charge in [0.15, 0.2) is 0 Å². The molecule has 1 aliphatic rings. The van der Waals surface area contributed by atoms with E-state index in [1.54, 1.807) is 9.80 Å². The number of amides is 2. The van der Waals surface area contributed by atoms with Gasteiger partial charge in [0.2, 0.25) is 11.8 Å². The number of piperazine rings is 1. The molecule has 0 N–H and O–H groups in total. The van der Waals surface area contributed by atoms with E-state index in [0.29, 0.717) is 19.5 Å². The largest absolute Gasteiger partial charge is 0.332 e. The van der Waals surface area contributed by atoms with Crippen LogP contribution in [-0.2, 0) is 9.59 Å². The van der Waals surface area contributed by atoms with Crippen LogP contribution in [0.2, 0.25) is 0 Å². The van der Waals surface area contributed by atoms with Gasteiger partial charge in [0.25, 0.3) is 0 Å². The first-order valence-corrected chi connectivity index (χ1v) is 5.61. The molecule has 1 fully saturated rings. The van der Waals surface area contributed by atoms with Gasteiger partial charge in [-0.1, -0.05) is 0 Å². The second kappa shape index (κ2) is 6.11. The third kappa shape index (κ3) is 3.23. The van der Waals surface area contributed by atoms with Gasteiger partial charge in [-0.25, -0.2) is 0 Å². The molecule has 0 aromatic carbocycles. The molecule has 0 aromatic heterocycles. The number of carbonyl (C=O) groups is 2. The number of likely N-dealkylation sites (N-methyl/N-ethyl adjacent to an activating group) is 1. The zero-order chi connectivity index (χ0) is 12.0. The van der Waals surface area contributed by atoms with Crippen LogP contribution in [0, 0.1) is 11.3 Å². The maximum absolute atomic E-state index is 11.6. The summed E-state index contributed by atoms with van der Waals surface area (Å²) in [5.41, 5.74) is 0. The van der Waals surface area contributed by atoms with Crippen molar-refractivity contribution in [3.8, 4) is 6.07 Å². The summed E-state index contributed by atoms with van der Waals surface area (Å²) < 4.78 is 0. The Labute approximate surface area is 95.6 Å². The van der Waals surface area contributed by atoms with E-state index in [9.17, 15) is 9.59 Å². The molecule has 5 heteroatoms. The van der Waals surface area contributed by atoms with Gasteiger partial charge in [-0.3, -0.25) is 9.59 Å². The van der Waals surface area contributed by atoms with Gasteiger partial charge < -0.3 is 9.80 Å². The molecule has 88 valence electrons. The zero-order valence-electron chi connectivity index (χ0n) is 9.61. The van der Waals surface area contributed by atoms with E-state index in [-0.39, 0.29) is 24.9 Å².